The molecule has 0 unspecified atom stereocenters. The molecule has 2 aromatic rings. The molecule has 0 aliphatic rings. The third-order valence-corrected chi connectivity index (χ3v) is 2.29. The summed E-state index contributed by atoms with van der Waals surface area (Å²) in [7, 11) is 1.93. The molecule has 0 aromatic carbocycles. The van der Waals surface area contributed by atoms with E-state index in [9.17, 15) is 0 Å². The van der Waals surface area contributed by atoms with E-state index in [1.807, 2.05) is 13.1 Å². The lowest BCUT2D eigenvalue weighted by Gasteiger charge is -1.91. The van der Waals surface area contributed by atoms with Crippen molar-refractivity contribution in [1.29, 1.82) is 0 Å². The lowest BCUT2D eigenvalue weighted by Crippen LogP contribution is -2.04. The van der Waals surface area contributed by atoms with E-state index in [2.05, 4.69) is 37.3 Å². The number of aromatic nitrogens is 2. The van der Waals surface area contributed by atoms with Crippen LogP contribution in [0.3, 0.4) is 0 Å². The van der Waals surface area contributed by atoms with Crippen molar-refractivity contribution < 1.29 is 0 Å². The Kier molecular flexibility index (Phi) is 2.33. The molecule has 13 heavy (non-hydrogen) atoms. The van der Waals surface area contributed by atoms with Crippen LogP contribution in [-0.2, 0) is 6.54 Å². The van der Waals surface area contributed by atoms with E-state index in [1.54, 1.807) is 6.20 Å². The van der Waals surface area contributed by atoms with Crippen molar-refractivity contribution in [2.45, 2.75) is 6.54 Å². The Labute approximate surface area is 84.7 Å². The van der Waals surface area contributed by atoms with E-state index >= 15 is 0 Å². The number of hydrogen-bond acceptors (Lipinski definition) is 2. The molecule has 0 fully saturated rings. The van der Waals surface area contributed by atoms with E-state index in [4.69, 9.17) is 0 Å². The SMILES string of the molecule is CNCc1cc2ncc(Br)cc2[nH]1. The summed E-state index contributed by atoms with van der Waals surface area (Å²) in [6.45, 7) is 0.841. The second kappa shape index (κ2) is 3.47. The summed E-state index contributed by atoms with van der Waals surface area (Å²) in [5, 5.41) is 3.09. The van der Waals surface area contributed by atoms with Gasteiger partial charge in [-0.3, -0.25) is 4.98 Å². The summed E-state index contributed by atoms with van der Waals surface area (Å²) in [6.07, 6.45) is 1.80. The molecule has 0 saturated heterocycles. The number of fused-ring (bicyclic) bond motifs is 1. The molecule has 0 bridgehead atoms. The fraction of sp³-hybridized carbons (Fsp3) is 0.222. The normalized spacial score (nSPS) is 10.9. The summed E-state index contributed by atoms with van der Waals surface area (Å²) < 4.78 is 0.998. The fourth-order valence-electron chi connectivity index (χ4n) is 1.32. The van der Waals surface area contributed by atoms with Gasteiger partial charge in [-0.15, -0.1) is 0 Å². The number of rotatable bonds is 2. The van der Waals surface area contributed by atoms with Crippen LogP contribution in [0.4, 0.5) is 0 Å². The van der Waals surface area contributed by atoms with Crippen LogP contribution in [0.25, 0.3) is 11.0 Å². The molecular formula is C9H10BrN3. The highest BCUT2D eigenvalue weighted by molar-refractivity contribution is 9.10. The van der Waals surface area contributed by atoms with Gasteiger partial charge in [0, 0.05) is 22.9 Å². The van der Waals surface area contributed by atoms with Crippen LogP contribution >= 0.6 is 15.9 Å². The number of halogens is 1. The highest BCUT2D eigenvalue weighted by atomic mass is 79.9. The average molecular weight is 240 g/mol. The number of aromatic amines is 1. The van der Waals surface area contributed by atoms with Gasteiger partial charge < -0.3 is 10.3 Å². The van der Waals surface area contributed by atoms with Crippen LogP contribution in [0.1, 0.15) is 5.69 Å². The summed E-state index contributed by atoms with van der Waals surface area (Å²) in [4.78, 5) is 7.56. The van der Waals surface area contributed by atoms with Gasteiger partial charge in [0.1, 0.15) is 0 Å². The zero-order chi connectivity index (χ0) is 9.26. The molecule has 0 atom stereocenters. The van der Waals surface area contributed by atoms with Gasteiger partial charge in [-0.25, -0.2) is 0 Å². The third kappa shape index (κ3) is 1.73. The van der Waals surface area contributed by atoms with Crippen LogP contribution in [0, 0.1) is 0 Å². The molecule has 0 radical (unpaired) electrons. The Balaban J connectivity index is 2.49. The smallest absolute Gasteiger partial charge is 0.0883 e. The first-order chi connectivity index (χ1) is 6.29. The molecular weight excluding hydrogens is 230 g/mol. The van der Waals surface area contributed by atoms with Gasteiger partial charge in [-0.1, -0.05) is 0 Å². The second-order valence-corrected chi connectivity index (χ2v) is 3.83. The van der Waals surface area contributed by atoms with E-state index in [0.717, 1.165) is 27.7 Å². The molecule has 4 heteroatoms. The van der Waals surface area contributed by atoms with Crippen molar-refractivity contribution in [3.63, 3.8) is 0 Å². The maximum atomic E-state index is 4.28. The molecule has 0 amide bonds. The molecule has 0 saturated carbocycles. The molecule has 0 spiro atoms. The van der Waals surface area contributed by atoms with E-state index in [-0.39, 0.29) is 0 Å². The molecule has 0 aliphatic carbocycles. The summed E-state index contributed by atoms with van der Waals surface area (Å²) in [5.41, 5.74) is 3.23. The number of H-pyrrole nitrogens is 1. The monoisotopic (exact) mass is 239 g/mol. The van der Waals surface area contributed by atoms with Crippen molar-refractivity contribution >= 4 is 27.0 Å². The van der Waals surface area contributed by atoms with Crippen LogP contribution in [-0.4, -0.2) is 17.0 Å². The van der Waals surface area contributed by atoms with Crippen molar-refractivity contribution in [3.05, 3.63) is 28.5 Å². The minimum absolute atomic E-state index is 0.841. The highest BCUT2D eigenvalue weighted by Crippen LogP contribution is 2.17. The predicted molar refractivity (Wildman–Crippen MR) is 56.6 cm³/mol. The van der Waals surface area contributed by atoms with Gasteiger partial charge in [0.05, 0.1) is 11.0 Å². The first kappa shape index (κ1) is 8.72. The van der Waals surface area contributed by atoms with Crippen molar-refractivity contribution in [1.82, 2.24) is 15.3 Å². The van der Waals surface area contributed by atoms with Crippen molar-refractivity contribution in [2.75, 3.05) is 7.05 Å². The summed E-state index contributed by atoms with van der Waals surface area (Å²) >= 11 is 3.38. The van der Waals surface area contributed by atoms with Crippen molar-refractivity contribution in [2.24, 2.45) is 0 Å². The zero-order valence-corrected chi connectivity index (χ0v) is 8.85. The molecule has 2 N–H and O–H groups in total. The Morgan fingerprint density at radius 3 is 3.15 bits per heavy atom. The minimum Gasteiger partial charge on any atom is -0.356 e. The summed E-state index contributed by atoms with van der Waals surface area (Å²) in [6, 6.07) is 4.08. The van der Waals surface area contributed by atoms with Crippen LogP contribution in [0.15, 0.2) is 22.8 Å². The molecule has 68 valence electrons. The zero-order valence-electron chi connectivity index (χ0n) is 7.26. The average Bonchev–Trinajstić information content (AvgIpc) is 2.46. The molecule has 2 rings (SSSR count). The van der Waals surface area contributed by atoms with Gasteiger partial charge in [0.25, 0.3) is 0 Å². The Bertz CT molecular complexity index is 422. The molecule has 0 aliphatic heterocycles. The van der Waals surface area contributed by atoms with Gasteiger partial charge >= 0.3 is 0 Å². The lowest BCUT2D eigenvalue weighted by molar-refractivity contribution is 0.799. The topological polar surface area (TPSA) is 40.7 Å². The highest BCUT2D eigenvalue weighted by Gasteiger charge is 2.00. The van der Waals surface area contributed by atoms with Gasteiger partial charge in [0.2, 0.25) is 0 Å². The van der Waals surface area contributed by atoms with Crippen molar-refractivity contribution in [3.8, 4) is 0 Å². The van der Waals surface area contributed by atoms with E-state index < -0.39 is 0 Å². The number of hydrogen-bond donors (Lipinski definition) is 2. The third-order valence-electron chi connectivity index (χ3n) is 1.86. The fourth-order valence-corrected chi connectivity index (χ4v) is 1.66. The van der Waals surface area contributed by atoms with E-state index in [1.165, 1.54) is 0 Å². The Morgan fingerprint density at radius 1 is 1.54 bits per heavy atom. The largest absolute Gasteiger partial charge is 0.356 e. The predicted octanol–water partition coefficient (Wildman–Crippen LogP) is 2.04. The Morgan fingerprint density at radius 2 is 2.38 bits per heavy atom. The minimum atomic E-state index is 0.841. The molecule has 2 heterocycles. The van der Waals surface area contributed by atoms with Gasteiger partial charge in [0.15, 0.2) is 0 Å². The van der Waals surface area contributed by atoms with Crippen LogP contribution in [0.5, 0.6) is 0 Å². The lowest BCUT2D eigenvalue weighted by atomic mass is 10.4. The first-order valence-corrected chi connectivity index (χ1v) is 4.86. The first-order valence-electron chi connectivity index (χ1n) is 4.07. The molecule has 2 aromatic heterocycles. The Hall–Kier alpha value is -0.870. The number of nitrogens with one attached hydrogen (secondary N) is 2. The molecule has 3 nitrogen and oxygen atoms in total. The van der Waals surface area contributed by atoms with Gasteiger partial charge in [-0.2, -0.15) is 0 Å². The maximum absolute atomic E-state index is 4.28. The van der Waals surface area contributed by atoms with Gasteiger partial charge in [-0.05, 0) is 35.1 Å². The standard InChI is InChI=1S/C9H10BrN3/c1-11-5-7-3-8-9(13-7)2-6(10)4-12-8/h2-4,11,13H,5H2,1H3. The maximum Gasteiger partial charge on any atom is 0.0883 e. The van der Waals surface area contributed by atoms with E-state index in [0.29, 0.717) is 0 Å². The van der Waals surface area contributed by atoms with Crippen LogP contribution in [0.2, 0.25) is 0 Å². The second-order valence-electron chi connectivity index (χ2n) is 2.91. The summed E-state index contributed by atoms with van der Waals surface area (Å²) in [5.74, 6) is 0. The number of nitrogens with zero attached hydrogens (tertiary/aromatic N) is 1. The quantitative estimate of drug-likeness (QED) is 0.843. The van der Waals surface area contributed by atoms with Crippen LogP contribution < -0.4 is 5.32 Å². The number of pyridine rings is 1.